The first-order valence-electron chi connectivity index (χ1n) is 6.70. The summed E-state index contributed by atoms with van der Waals surface area (Å²) in [7, 11) is 0. The number of amides is 1. The second-order valence-electron chi connectivity index (χ2n) is 5.51. The van der Waals surface area contributed by atoms with Gasteiger partial charge < -0.3 is 5.73 Å². The van der Waals surface area contributed by atoms with Crippen LogP contribution < -0.4 is 10.6 Å². The monoisotopic (exact) mass is 245 g/mol. The average Bonchev–Trinajstić information content (AvgIpc) is 2.72. The molecule has 1 spiro atoms. The lowest BCUT2D eigenvalue weighted by Crippen LogP contribution is -2.40. The minimum Gasteiger partial charge on any atom is -0.328 e. The lowest BCUT2D eigenvalue weighted by Gasteiger charge is -2.34. The Balaban J connectivity index is 1.81. The summed E-state index contributed by atoms with van der Waals surface area (Å²) in [5.41, 5.74) is 5.79. The van der Waals surface area contributed by atoms with Crippen molar-refractivity contribution in [3.05, 3.63) is 24.4 Å². The number of carbonyl (C=O) groups is 1. The third kappa shape index (κ3) is 1.81. The topological polar surface area (TPSA) is 59.2 Å². The Hall–Kier alpha value is -1.42. The molecule has 3 rings (SSSR count). The normalized spacial score (nSPS) is 32.2. The van der Waals surface area contributed by atoms with Gasteiger partial charge in [-0.05, 0) is 44.2 Å². The van der Waals surface area contributed by atoms with Crippen LogP contribution in [0.4, 0.5) is 5.82 Å². The van der Waals surface area contributed by atoms with Gasteiger partial charge in [-0.2, -0.15) is 0 Å². The van der Waals surface area contributed by atoms with E-state index in [1.807, 2.05) is 23.1 Å². The van der Waals surface area contributed by atoms with E-state index in [0.29, 0.717) is 0 Å². The van der Waals surface area contributed by atoms with Crippen molar-refractivity contribution >= 4 is 11.7 Å². The third-order valence-corrected chi connectivity index (χ3v) is 4.43. The van der Waals surface area contributed by atoms with Crippen LogP contribution in [0.5, 0.6) is 0 Å². The van der Waals surface area contributed by atoms with Crippen molar-refractivity contribution in [1.29, 1.82) is 0 Å². The average molecular weight is 245 g/mol. The zero-order chi connectivity index (χ0) is 12.6. The van der Waals surface area contributed by atoms with Gasteiger partial charge in [0.1, 0.15) is 5.82 Å². The van der Waals surface area contributed by atoms with Gasteiger partial charge in [0.05, 0.1) is 5.41 Å². The van der Waals surface area contributed by atoms with Crippen molar-refractivity contribution in [2.24, 2.45) is 11.1 Å². The number of nitrogens with zero attached hydrogens (tertiary/aromatic N) is 2. The Morgan fingerprint density at radius 1 is 1.28 bits per heavy atom. The SMILES string of the molecule is NC1CCC2(CC1)CCN(c1ccccn1)C2=O. The lowest BCUT2D eigenvalue weighted by molar-refractivity contribution is -0.127. The summed E-state index contributed by atoms with van der Waals surface area (Å²) in [4.78, 5) is 18.8. The van der Waals surface area contributed by atoms with Gasteiger partial charge in [-0.3, -0.25) is 9.69 Å². The van der Waals surface area contributed by atoms with E-state index in [-0.39, 0.29) is 17.4 Å². The fourth-order valence-electron chi connectivity index (χ4n) is 3.21. The summed E-state index contributed by atoms with van der Waals surface area (Å²) in [5, 5.41) is 0. The lowest BCUT2D eigenvalue weighted by atomic mass is 9.71. The number of hydrogen-bond donors (Lipinski definition) is 1. The minimum absolute atomic E-state index is 0.145. The van der Waals surface area contributed by atoms with Crippen molar-refractivity contribution in [3.8, 4) is 0 Å². The molecule has 1 aliphatic heterocycles. The highest BCUT2D eigenvalue weighted by molar-refractivity contribution is 5.99. The van der Waals surface area contributed by atoms with E-state index in [9.17, 15) is 4.79 Å². The first-order valence-corrected chi connectivity index (χ1v) is 6.70. The smallest absolute Gasteiger partial charge is 0.234 e. The zero-order valence-corrected chi connectivity index (χ0v) is 10.5. The van der Waals surface area contributed by atoms with Crippen molar-refractivity contribution in [2.45, 2.75) is 38.1 Å². The van der Waals surface area contributed by atoms with Crippen LogP contribution in [0.3, 0.4) is 0 Å². The molecule has 1 aromatic rings. The van der Waals surface area contributed by atoms with E-state index in [0.717, 1.165) is 44.5 Å². The van der Waals surface area contributed by atoms with Crippen molar-refractivity contribution in [2.75, 3.05) is 11.4 Å². The molecule has 1 saturated heterocycles. The van der Waals surface area contributed by atoms with E-state index in [1.54, 1.807) is 6.20 Å². The summed E-state index contributed by atoms with van der Waals surface area (Å²) < 4.78 is 0. The molecule has 2 heterocycles. The van der Waals surface area contributed by atoms with Crippen LogP contribution >= 0.6 is 0 Å². The van der Waals surface area contributed by atoms with E-state index >= 15 is 0 Å². The highest BCUT2D eigenvalue weighted by Gasteiger charge is 2.48. The van der Waals surface area contributed by atoms with Crippen molar-refractivity contribution in [3.63, 3.8) is 0 Å². The fourth-order valence-corrected chi connectivity index (χ4v) is 3.21. The third-order valence-electron chi connectivity index (χ3n) is 4.43. The molecule has 0 atom stereocenters. The number of aromatic nitrogens is 1. The highest BCUT2D eigenvalue weighted by atomic mass is 16.2. The van der Waals surface area contributed by atoms with Gasteiger partial charge in [0.25, 0.3) is 0 Å². The molecule has 4 nitrogen and oxygen atoms in total. The van der Waals surface area contributed by atoms with Crippen molar-refractivity contribution in [1.82, 2.24) is 4.98 Å². The first-order chi connectivity index (χ1) is 8.71. The number of pyridine rings is 1. The van der Waals surface area contributed by atoms with Gasteiger partial charge in [-0.25, -0.2) is 4.98 Å². The Morgan fingerprint density at radius 2 is 2.06 bits per heavy atom. The zero-order valence-electron chi connectivity index (χ0n) is 10.5. The number of rotatable bonds is 1. The Kier molecular flexibility index (Phi) is 2.82. The molecule has 96 valence electrons. The van der Waals surface area contributed by atoms with Crippen LogP contribution in [0.25, 0.3) is 0 Å². The maximum atomic E-state index is 12.6. The Morgan fingerprint density at radius 3 is 2.72 bits per heavy atom. The number of nitrogens with two attached hydrogens (primary N) is 1. The molecular weight excluding hydrogens is 226 g/mol. The molecule has 2 N–H and O–H groups in total. The molecule has 2 aliphatic rings. The number of carbonyl (C=O) groups excluding carboxylic acids is 1. The molecule has 0 aromatic carbocycles. The molecule has 2 fully saturated rings. The largest absolute Gasteiger partial charge is 0.328 e. The standard InChI is InChI=1S/C14H19N3O/c15-11-4-6-14(7-5-11)8-10-17(13(14)18)12-3-1-2-9-16-12/h1-3,9,11H,4-8,10,15H2. The molecule has 1 amide bonds. The van der Waals surface area contributed by atoms with Gasteiger partial charge in [-0.1, -0.05) is 6.07 Å². The molecular formula is C14H19N3O. The summed E-state index contributed by atoms with van der Waals surface area (Å²) >= 11 is 0. The number of hydrogen-bond acceptors (Lipinski definition) is 3. The molecule has 0 unspecified atom stereocenters. The summed E-state index contributed by atoms with van der Waals surface area (Å²) in [5.74, 6) is 1.04. The molecule has 1 aliphatic carbocycles. The van der Waals surface area contributed by atoms with E-state index < -0.39 is 0 Å². The Bertz CT molecular complexity index is 438. The van der Waals surface area contributed by atoms with Crippen LogP contribution in [-0.2, 0) is 4.79 Å². The van der Waals surface area contributed by atoms with Gasteiger partial charge in [0.2, 0.25) is 5.91 Å². The second-order valence-corrected chi connectivity index (χ2v) is 5.51. The maximum Gasteiger partial charge on any atom is 0.234 e. The van der Waals surface area contributed by atoms with Crippen LogP contribution in [-0.4, -0.2) is 23.5 Å². The van der Waals surface area contributed by atoms with Gasteiger partial charge in [0.15, 0.2) is 0 Å². The van der Waals surface area contributed by atoms with Crippen LogP contribution in [0, 0.1) is 5.41 Å². The van der Waals surface area contributed by atoms with Crippen LogP contribution in [0.1, 0.15) is 32.1 Å². The Labute approximate surface area is 107 Å². The second kappa shape index (κ2) is 4.35. The van der Waals surface area contributed by atoms with Crippen LogP contribution in [0.15, 0.2) is 24.4 Å². The fraction of sp³-hybridized carbons (Fsp3) is 0.571. The first kappa shape index (κ1) is 11.7. The summed E-state index contributed by atoms with van der Waals surface area (Å²) in [6.07, 6.45) is 6.52. The van der Waals surface area contributed by atoms with E-state index in [2.05, 4.69) is 4.98 Å². The van der Waals surface area contributed by atoms with Gasteiger partial charge >= 0.3 is 0 Å². The van der Waals surface area contributed by atoms with E-state index in [4.69, 9.17) is 5.73 Å². The quantitative estimate of drug-likeness (QED) is 0.819. The summed E-state index contributed by atoms with van der Waals surface area (Å²) in [6.45, 7) is 0.797. The van der Waals surface area contributed by atoms with Gasteiger partial charge in [-0.15, -0.1) is 0 Å². The predicted octanol–water partition coefficient (Wildman–Crippen LogP) is 1.71. The molecule has 0 radical (unpaired) electrons. The van der Waals surface area contributed by atoms with Crippen molar-refractivity contribution < 1.29 is 4.79 Å². The molecule has 18 heavy (non-hydrogen) atoms. The molecule has 1 saturated carbocycles. The minimum atomic E-state index is -0.145. The number of anilines is 1. The highest BCUT2D eigenvalue weighted by Crippen LogP contribution is 2.45. The van der Waals surface area contributed by atoms with Crippen LogP contribution in [0.2, 0.25) is 0 Å². The van der Waals surface area contributed by atoms with E-state index in [1.165, 1.54) is 0 Å². The summed E-state index contributed by atoms with van der Waals surface area (Å²) in [6, 6.07) is 6.00. The predicted molar refractivity (Wildman–Crippen MR) is 70.1 cm³/mol. The molecule has 4 heteroatoms. The maximum absolute atomic E-state index is 12.6. The molecule has 1 aromatic heterocycles. The molecule has 0 bridgehead atoms. The van der Waals surface area contributed by atoms with Gasteiger partial charge in [0, 0.05) is 18.8 Å².